The number of nitrogens with zero attached hydrogens (tertiary/aromatic N) is 2. The number of carboxylic acids is 1. The van der Waals surface area contributed by atoms with Gasteiger partial charge in [0.1, 0.15) is 24.1 Å². The lowest BCUT2D eigenvalue weighted by Gasteiger charge is -2.48. The largest absolute Gasteiger partial charge is 0.479 e. The molecule has 5 N–H and O–H groups in total. The molecular formula is C37H45FN2O10S. The van der Waals surface area contributed by atoms with Gasteiger partial charge < -0.3 is 35.2 Å². The predicted molar refractivity (Wildman–Crippen MR) is 186 cm³/mol. The average molecular weight is 729 g/mol. The molecule has 2 heterocycles. The minimum Gasteiger partial charge on any atom is -0.479 e. The van der Waals surface area contributed by atoms with Gasteiger partial charge in [-0.25, -0.2) is 21.9 Å². The summed E-state index contributed by atoms with van der Waals surface area (Å²) in [4.78, 5) is 26.9. The van der Waals surface area contributed by atoms with Crippen molar-refractivity contribution < 1.29 is 52.7 Å². The lowest BCUT2D eigenvalue weighted by atomic mass is 9.78. The van der Waals surface area contributed by atoms with Crippen molar-refractivity contribution in [3.63, 3.8) is 0 Å². The lowest BCUT2D eigenvalue weighted by Crippen LogP contribution is -2.59. The number of hydrogen-bond acceptors (Lipinski definition) is 9. The fourth-order valence-electron chi connectivity index (χ4n) is 6.77. The lowest BCUT2D eigenvalue weighted by molar-refractivity contribution is -0.228. The molecule has 1 amide bonds. The second-order valence-electron chi connectivity index (χ2n) is 13.4. The van der Waals surface area contributed by atoms with E-state index in [1.165, 1.54) is 34.8 Å². The second kappa shape index (κ2) is 16.3. The molecule has 2 fully saturated rings. The number of amides is 1. The predicted octanol–water partition coefficient (Wildman–Crippen LogP) is 2.73. The zero-order chi connectivity index (χ0) is 37.0. The maximum Gasteiger partial charge on any atom is 0.335 e. The van der Waals surface area contributed by atoms with Crippen molar-refractivity contribution >= 4 is 27.6 Å². The highest BCUT2D eigenvalue weighted by atomic mass is 32.2. The fraction of sp³-hybridized carbons (Fsp3) is 0.459. The number of aliphatic hydroxyl groups excluding tert-OH is 4. The van der Waals surface area contributed by atoms with Crippen LogP contribution in [0.5, 0.6) is 0 Å². The Balaban J connectivity index is 1.29. The van der Waals surface area contributed by atoms with Crippen molar-refractivity contribution in [2.45, 2.75) is 81.2 Å². The molecule has 0 unspecified atom stereocenters. The third-order valence-electron chi connectivity index (χ3n) is 9.93. The van der Waals surface area contributed by atoms with Gasteiger partial charge >= 0.3 is 5.97 Å². The number of sulfonamides is 1. The summed E-state index contributed by atoms with van der Waals surface area (Å²) in [5, 5.41) is 50.7. The van der Waals surface area contributed by atoms with Gasteiger partial charge in [-0.05, 0) is 85.0 Å². The molecule has 0 bridgehead atoms. The first-order valence-corrected chi connectivity index (χ1v) is 18.8. The van der Waals surface area contributed by atoms with E-state index < -0.39 is 64.4 Å². The number of anilines is 1. The molecule has 8 atom stereocenters. The number of hydrogen-bond donors (Lipinski definition) is 5. The molecule has 51 heavy (non-hydrogen) atoms. The molecular weight excluding hydrogens is 683 g/mol. The number of rotatable bonds is 15. The Hall–Kier alpha value is -3.76. The van der Waals surface area contributed by atoms with E-state index in [1.807, 2.05) is 48.5 Å². The smallest absolute Gasteiger partial charge is 0.335 e. The summed E-state index contributed by atoms with van der Waals surface area (Å²) in [5.41, 5.74) is 3.94. The molecule has 3 aromatic rings. The van der Waals surface area contributed by atoms with Crippen LogP contribution in [0.2, 0.25) is 0 Å². The van der Waals surface area contributed by atoms with E-state index in [0.29, 0.717) is 43.5 Å². The summed E-state index contributed by atoms with van der Waals surface area (Å²) in [6, 6.07) is 20.3. The molecule has 14 heteroatoms. The zero-order valence-electron chi connectivity index (χ0n) is 28.5. The molecule has 12 nitrogen and oxygen atoms in total. The molecule has 0 spiro atoms. The van der Waals surface area contributed by atoms with Crippen molar-refractivity contribution in [2.75, 3.05) is 24.7 Å². The van der Waals surface area contributed by atoms with Crippen LogP contribution in [0.3, 0.4) is 0 Å². The van der Waals surface area contributed by atoms with Crippen LogP contribution in [0.4, 0.5) is 10.1 Å². The van der Waals surface area contributed by atoms with E-state index in [-0.39, 0.29) is 24.8 Å². The highest BCUT2D eigenvalue weighted by molar-refractivity contribution is 7.88. The number of carbonyl (C=O) groups is 2. The van der Waals surface area contributed by atoms with Gasteiger partial charge in [0.25, 0.3) is 0 Å². The molecule has 3 aromatic carbocycles. The maximum atomic E-state index is 13.7. The van der Waals surface area contributed by atoms with Crippen molar-refractivity contribution in [1.82, 2.24) is 4.31 Å². The van der Waals surface area contributed by atoms with Gasteiger partial charge in [-0.15, -0.1) is 0 Å². The summed E-state index contributed by atoms with van der Waals surface area (Å²) >= 11 is 0. The number of carbonyl (C=O) groups excluding carboxylic acids is 1. The molecule has 5 rings (SSSR count). The highest BCUT2D eigenvalue weighted by Crippen LogP contribution is 2.46. The van der Waals surface area contributed by atoms with Gasteiger partial charge in [0.05, 0.1) is 30.4 Å². The summed E-state index contributed by atoms with van der Waals surface area (Å²) < 4.78 is 43.5. The Labute approximate surface area is 296 Å². The average Bonchev–Trinajstić information content (AvgIpc) is 3.09. The number of β-lactam (4-membered cyclic amide) rings is 1. The molecule has 0 aromatic heterocycles. The number of ether oxygens (including phenoxy) is 1. The van der Waals surface area contributed by atoms with Crippen molar-refractivity contribution in [3.8, 4) is 0 Å². The van der Waals surface area contributed by atoms with Crippen molar-refractivity contribution in [3.05, 3.63) is 101 Å². The number of halogens is 1. The standard InChI is InChI=1S/C37H45FN2O10S/c1-39(51(2,48)49)21-3-4-22-7-16-27(17-8-22)40-31(28(36(40)45)18-19-29(41)24-12-14-26(38)15-13-24)25-10-5-23(6-11-25)9-20-30-32(42)33(43)34(44)35(50-30)37(46)47/h5-8,10-17,28-35,41-44H,3-4,9,18-21H2,1-2H3,(H,46,47)/t28-,29+,30+,31-,32-,33-,34+,35+/m1/s1. The highest BCUT2D eigenvalue weighted by Gasteiger charge is 2.49. The minimum absolute atomic E-state index is 0.102. The molecule has 276 valence electrons. The second-order valence-corrected chi connectivity index (χ2v) is 15.5. The summed E-state index contributed by atoms with van der Waals surface area (Å²) in [5.74, 6) is -2.39. The topological polar surface area (TPSA) is 185 Å². The van der Waals surface area contributed by atoms with Gasteiger partial charge in [-0.2, -0.15) is 0 Å². The number of aliphatic hydroxyl groups is 4. The van der Waals surface area contributed by atoms with Crippen LogP contribution < -0.4 is 4.90 Å². The van der Waals surface area contributed by atoms with E-state index in [9.17, 15) is 47.9 Å². The van der Waals surface area contributed by atoms with Crippen LogP contribution in [-0.4, -0.2) is 101 Å². The van der Waals surface area contributed by atoms with E-state index in [4.69, 9.17) is 4.74 Å². The van der Waals surface area contributed by atoms with Crippen molar-refractivity contribution in [1.29, 1.82) is 0 Å². The number of aliphatic carboxylic acids is 1. The fourth-order valence-corrected chi connectivity index (χ4v) is 7.23. The van der Waals surface area contributed by atoms with Crippen LogP contribution in [0.1, 0.15) is 60.1 Å². The Morgan fingerprint density at radius 2 is 1.51 bits per heavy atom. The Kier molecular flexibility index (Phi) is 12.3. The number of aryl methyl sites for hydroxylation is 2. The Morgan fingerprint density at radius 1 is 0.902 bits per heavy atom. The van der Waals surface area contributed by atoms with Gasteiger partial charge in [0.15, 0.2) is 6.10 Å². The Bertz CT molecular complexity index is 1760. The molecule has 0 radical (unpaired) electrons. The van der Waals surface area contributed by atoms with Crippen LogP contribution >= 0.6 is 0 Å². The molecule has 0 aliphatic carbocycles. The molecule has 2 saturated heterocycles. The first-order chi connectivity index (χ1) is 24.1. The quantitative estimate of drug-likeness (QED) is 0.146. The first kappa shape index (κ1) is 38.5. The minimum atomic E-state index is -3.26. The van der Waals surface area contributed by atoms with Gasteiger partial charge in [-0.3, -0.25) is 4.79 Å². The summed E-state index contributed by atoms with van der Waals surface area (Å²) in [6.45, 7) is 0.386. The van der Waals surface area contributed by atoms with Crippen molar-refractivity contribution in [2.24, 2.45) is 5.92 Å². The van der Waals surface area contributed by atoms with Gasteiger partial charge in [0, 0.05) is 19.3 Å². The number of carboxylic acid groups (broad SMARTS) is 1. The monoisotopic (exact) mass is 728 g/mol. The number of benzene rings is 3. The SMILES string of the molecule is CN(CCCc1ccc(N2C(=O)[C@H](CC[C@H](O)c3ccc(F)cc3)[C@H]2c2ccc(CC[C@@H]3O[C@H](C(=O)O)[C@@H](O)[C@H](O)[C@@H]3O)cc2)cc1)S(C)(=O)=O. The first-order valence-electron chi connectivity index (χ1n) is 16.9. The summed E-state index contributed by atoms with van der Waals surface area (Å²) in [6.07, 6.45) is -4.76. The van der Waals surface area contributed by atoms with E-state index in [1.54, 1.807) is 11.9 Å². The Morgan fingerprint density at radius 3 is 2.12 bits per heavy atom. The normalized spacial score (nSPS) is 25.8. The van der Waals surface area contributed by atoms with Crippen LogP contribution in [0, 0.1) is 11.7 Å². The van der Waals surface area contributed by atoms with E-state index in [2.05, 4.69) is 0 Å². The van der Waals surface area contributed by atoms with Gasteiger partial charge in [0.2, 0.25) is 15.9 Å². The van der Waals surface area contributed by atoms with Gasteiger partial charge in [-0.1, -0.05) is 48.5 Å². The third kappa shape index (κ3) is 9.01. The zero-order valence-corrected chi connectivity index (χ0v) is 29.3. The van der Waals surface area contributed by atoms with Crippen LogP contribution in [-0.2, 0) is 37.2 Å². The van der Waals surface area contributed by atoms with E-state index >= 15 is 0 Å². The van der Waals surface area contributed by atoms with Crippen LogP contribution in [0.25, 0.3) is 0 Å². The molecule has 2 aliphatic heterocycles. The molecule has 0 saturated carbocycles. The maximum absolute atomic E-state index is 13.7. The third-order valence-corrected chi connectivity index (χ3v) is 11.2. The van der Waals surface area contributed by atoms with E-state index in [0.717, 1.165) is 16.7 Å². The summed E-state index contributed by atoms with van der Waals surface area (Å²) in [7, 11) is -1.72. The van der Waals surface area contributed by atoms with Crippen LogP contribution in [0.15, 0.2) is 72.8 Å². The molecule has 2 aliphatic rings.